The second-order valence-corrected chi connectivity index (χ2v) is 5.17. The molecule has 1 aromatic heterocycles. The van der Waals surface area contributed by atoms with Gasteiger partial charge in [0.15, 0.2) is 4.73 Å². The van der Waals surface area contributed by atoms with Gasteiger partial charge in [-0.1, -0.05) is 0 Å². The highest BCUT2D eigenvalue weighted by Gasteiger charge is 2.16. The topological polar surface area (TPSA) is 21.1 Å². The van der Waals surface area contributed by atoms with Gasteiger partial charge in [0.2, 0.25) is 0 Å². The number of nitrogens with zero attached hydrogens (tertiary/aromatic N) is 3. The Morgan fingerprint density at radius 1 is 1.40 bits per heavy atom. The number of rotatable bonds is 3. The van der Waals surface area contributed by atoms with Crippen molar-refractivity contribution in [2.24, 2.45) is 0 Å². The van der Waals surface area contributed by atoms with E-state index in [4.69, 9.17) is 0 Å². The summed E-state index contributed by atoms with van der Waals surface area (Å²) in [4.78, 5) is 6.84. The molecule has 0 aromatic carbocycles. The second kappa shape index (κ2) is 4.66. The Morgan fingerprint density at radius 3 is 2.67 bits per heavy atom. The number of hydrogen-bond acceptors (Lipinski definition) is 2. The fourth-order valence-electron chi connectivity index (χ4n) is 2.20. The van der Waals surface area contributed by atoms with Crippen LogP contribution in [0.2, 0.25) is 0 Å². The summed E-state index contributed by atoms with van der Waals surface area (Å²) < 4.78 is 3.21. The summed E-state index contributed by atoms with van der Waals surface area (Å²) in [6, 6.07) is 0.472. The first kappa shape index (κ1) is 11.1. The molecule has 0 aliphatic carbocycles. The van der Waals surface area contributed by atoms with Gasteiger partial charge >= 0.3 is 0 Å². The normalized spacial score (nSPS) is 17.9. The highest BCUT2D eigenvalue weighted by atomic mass is 79.9. The predicted octanol–water partition coefficient (Wildman–Crippen LogP) is 2.82. The van der Waals surface area contributed by atoms with E-state index in [1.165, 1.54) is 31.6 Å². The van der Waals surface area contributed by atoms with Crippen LogP contribution in [0.3, 0.4) is 0 Å². The van der Waals surface area contributed by atoms with Gasteiger partial charge in [0.05, 0.1) is 11.9 Å². The molecule has 0 radical (unpaired) electrons. The first-order chi connectivity index (χ1) is 7.18. The smallest absolute Gasteiger partial charge is 0.177 e. The third-order valence-electron chi connectivity index (χ3n) is 2.93. The summed E-state index contributed by atoms with van der Waals surface area (Å²) >= 11 is 3.50. The molecule has 1 saturated heterocycles. The first-order valence-corrected chi connectivity index (χ1v) is 6.41. The van der Waals surface area contributed by atoms with Gasteiger partial charge in [-0.05, 0) is 55.7 Å². The molecule has 0 unspecified atom stereocenters. The third kappa shape index (κ3) is 2.42. The molecule has 15 heavy (non-hydrogen) atoms. The number of hydrogen-bond donors (Lipinski definition) is 0. The zero-order chi connectivity index (χ0) is 10.8. The average Bonchev–Trinajstić information content (AvgIpc) is 2.76. The summed E-state index contributed by atoms with van der Waals surface area (Å²) in [5.41, 5.74) is 1.32. The molecule has 1 aliphatic rings. The quantitative estimate of drug-likeness (QED) is 0.843. The summed E-state index contributed by atoms with van der Waals surface area (Å²) in [6.45, 7) is 7.90. The molecule has 0 saturated carbocycles. The Hall–Kier alpha value is -0.350. The zero-order valence-electron chi connectivity index (χ0n) is 9.41. The fourth-order valence-corrected chi connectivity index (χ4v) is 2.94. The Bertz CT molecular complexity index is 327. The van der Waals surface area contributed by atoms with E-state index in [1.807, 2.05) is 6.20 Å². The van der Waals surface area contributed by atoms with Crippen molar-refractivity contribution in [2.45, 2.75) is 39.3 Å². The molecule has 2 rings (SSSR count). The largest absolute Gasteiger partial charge is 0.319 e. The molecule has 1 fully saturated rings. The van der Waals surface area contributed by atoms with Crippen LogP contribution in [-0.4, -0.2) is 27.5 Å². The Labute approximate surface area is 99.6 Å². The number of halogens is 1. The lowest BCUT2D eigenvalue weighted by atomic mass is 10.3. The average molecular weight is 272 g/mol. The van der Waals surface area contributed by atoms with Crippen molar-refractivity contribution in [3.8, 4) is 0 Å². The van der Waals surface area contributed by atoms with Crippen LogP contribution in [0.1, 0.15) is 38.4 Å². The minimum atomic E-state index is 0.472. The SMILES string of the molecule is CC(C)n1c(CN2CCCC2)cnc1Br. The van der Waals surface area contributed by atoms with E-state index in [0.29, 0.717) is 6.04 Å². The van der Waals surface area contributed by atoms with Crippen molar-refractivity contribution in [3.63, 3.8) is 0 Å². The van der Waals surface area contributed by atoms with Gasteiger partial charge in [-0.15, -0.1) is 0 Å². The second-order valence-electron chi connectivity index (χ2n) is 4.47. The fraction of sp³-hybridized carbons (Fsp3) is 0.727. The Morgan fingerprint density at radius 2 is 2.07 bits per heavy atom. The predicted molar refractivity (Wildman–Crippen MR) is 64.8 cm³/mol. The highest BCUT2D eigenvalue weighted by molar-refractivity contribution is 9.10. The van der Waals surface area contributed by atoms with E-state index in [-0.39, 0.29) is 0 Å². The Kier molecular flexibility index (Phi) is 3.46. The lowest BCUT2D eigenvalue weighted by Gasteiger charge is -2.18. The number of imidazole rings is 1. The van der Waals surface area contributed by atoms with Gasteiger partial charge in [0.1, 0.15) is 0 Å². The molecule has 1 aromatic rings. The summed E-state index contributed by atoms with van der Waals surface area (Å²) in [5, 5.41) is 0. The van der Waals surface area contributed by atoms with Crippen molar-refractivity contribution in [2.75, 3.05) is 13.1 Å². The van der Waals surface area contributed by atoms with Gasteiger partial charge in [0.25, 0.3) is 0 Å². The van der Waals surface area contributed by atoms with Gasteiger partial charge in [-0.3, -0.25) is 4.90 Å². The molecule has 84 valence electrons. The molecule has 0 N–H and O–H groups in total. The molecule has 1 aliphatic heterocycles. The zero-order valence-corrected chi connectivity index (χ0v) is 11.0. The van der Waals surface area contributed by atoms with E-state index in [0.717, 1.165) is 11.3 Å². The van der Waals surface area contributed by atoms with Crippen molar-refractivity contribution in [3.05, 3.63) is 16.6 Å². The molecule has 0 amide bonds. The van der Waals surface area contributed by atoms with Crippen molar-refractivity contribution in [1.29, 1.82) is 0 Å². The molecule has 4 heteroatoms. The van der Waals surface area contributed by atoms with Gasteiger partial charge in [-0.25, -0.2) is 4.98 Å². The van der Waals surface area contributed by atoms with Crippen LogP contribution < -0.4 is 0 Å². The molecule has 0 bridgehead atoms. The van der Waals surface area contributed by atoms with Gasteiger partial charge in [0, 0.05) is 12.6 Å². The van der Waals surface area contributed by atoms with Crippen LogP contribution in [0.15, 0.2) is 10.9 Å². The summed E-state index contributed by atoms with van der Waals surface area (Å²) in [7, 11) is 0. The van der Waals surface area contributed by atoms with Crippen LogP contribution in [0.25, 0.3) is 0 Å². The van der Waals surface area contributed by atoms with E-state index in [2.05, 4.69) is 44.2 Å². The van der Waals surface area contributed by atoms with E-state index < -0.39 is 0 Å². The van der Waals surface area contributed by atoms with Crippen molar-refractivity contribution in [1.82, 2.24) is 14.5 Å². The summed E-state index contributed by atoms with van der Waals surface area (Å²) in [6.07, 6.45) is 4.68. The standard InChI is InChI=1S/C11H18BrN3/c1-9(2)15-10(7-13-11(15)12)8-14-5-3-4-6-14/h7,9H,3-6,8H2,1-2H3. The third-order valence-corrected chi connectivity index (χ3v) is 3.52. The molecule has 2 heterocycles. The Balaban J connectivity index is 2.13. The van der Waals surface area contributed by atoms with Crippen LogP contribution >= 0.6 is 15.9 Å². The van der Waals surface area contributed by atoms with Gasteiger partial charge < -0.3 is 4.57 Å². The lowest BCUT2D eigenvalue weighted by molar-refractivity contribution is 0.318. The monoisotopic (exact) mass is 271 g/mol. The number of likely N-dealkylation sites (tertiary alicyclic amines) is 1. The molecule has 0 atom stereocenters. The summed E-state index contributed by atoms with van der Waals surface area (Å²) in [5.74, 6) is 0. The molecular formula is C11H18BrN3. The maximum Gasteiger partial charge on any atom is 0.177 e. The molecule has 0 spiro atoms. The molecular weight excluding hydrogens is 254 g/mol. The first-order valence-electron chi connectivity index (χ1n) is 5.62. The van der Waals surface area contributed by atoms with E-state index in [1.54, 1.807) is 0 Å². The highest BCUT2D eigenvalue weighted by Crippen LogP contribution is 2.21. The van der Waals surface area contributed by atoms with Crippen LogP contribution in [0.4, 0.5) is 0 Å². The van der Waals surface area contributed by atoms with Crippen LogP contribution in [0, 0.1) is 0 Å². The van der Waals surface area contributed by atoms with E-state index >= 15 is 0 Å². The van der Waals surface area contributed by atoms with Crippen LogP contribution in [0.5, 0.6) is 0 Å². The van der Waals surface area contributed by atoms with Crippen molar-refractivity contribution < 1.29 is 0 Å². The maximum absolute atomic E-state index is 4.33. The van der Waals surface area contributed by atoms with E-state index in [9.17, 15) is 0 Å². The molecule has 3 nitrogen and oxygen atoms in total. The number of aromatic nitrogens is 2. The minimum Gasteiger partial charge on any atom is -0.319 e. The van der Waals surface area contributed by atoms with Crippen LogP contribution in [-0.2, 0) is 6.54 Å². The van der Waals surface area contributed by atoms with Crippen molar-refractivity contribution >= 4 is 15.9 Å². The van der Waals surface area contributed by atoms with Gasteiger partial charge in [-0.2, -0.15) is 0 Å². The minimum absolute atomic E-state index is 0.472. The maximum atomic E-state index is 4.33. The lowest BCUT2D eigenvalue weighted by Crippen LogP contribution is -2.21.